The lowest BCUT2D eigenvalue weighted by Crippen LogP contribution is -2.27. The molecular weight excluding hydrogens is 355 g/mol. The van der Waals surface area contributed by atoms with Crippen molar-refractivity contribution in [2.24, 2.45) is 0 Å². The molecule has 140 valence electrons. The maximum absolute atomic E-state index is 13.4. The van der Waals surface area contributed by atoms with Gasteiger partial charge in [-0.2, -0.15) is 13.2 Å². The fraction of sp³-hybridized carbons (Fsp3) is 0.300. The van der Waals surface area contributed by atoms with Crippen molar-refractivity contribution in [2.45, 2.75) is 25.6 Å². The molecule has 1 aliphatic heterocycles. The monoisotopic (exact) mass is 373 g/mol. The highest BCUT2D eigenvalue weighted by atomic mass is 19.4. The summed E-state index contributed by atoms with van der Waals surface area (Å²) < 4.78 is 41.4. The van der Waals surface area contributed by atoms with E-state index in [0.29, 0.717) is 22.2 Å². The van der Waals surface area contributed by atoms with E-state index in [-0.39, 0.29) is 12.5 Å². The lowest BCUT2D eigenvalue weighted by molar-refractivity contribution is -0.146. The second-order valence-electron chi connectivity index (χ2n) is 6.70. The second-order valence-corrected chi connectivity index (χ2v) is 6.70. The third-order valence-electron chi connectivity index (χ3n) is 4.84. The van der Waals surface area contributed by atoms with Gasteiger partial charge in [0.05, 0.1) is 11.0 Å². The summed E-state index contributed by atoms with van der Waals surface area (Å²) in [4.78, 5) is 18.0. The molecule has 1 aliphatic rings. The number of carbonyl (C=O) groups is 1. The van der Waals surface area contributed by atoms with Crippen LogP contribution in [0.25, 0.3) is 11.0 Å². The van der Waals surface area contributed by atoms with E-state index in [2.05, 4.69) is 4.98 Å². The van der Waals surface area contributed by atoms with E-state index >= 15 is 0 Å². The standard InChI is InChI=1S/C20H18F3N3O/c21-20(22,23)19-24-16-5-1-2-6-17(16)26(19)13-14-7-9-15(10-8-14)18(27)25-11-3-4-12-25/h1-2,5-10H,3-4,11-13H2. The maximum Gasteiger partial charge on any atom is 0.449 e. The van der Waals surface area contributed by atoms with E-state index in [4.69, 9.17) is 0 Å². The van der Waals surface area contributed by atoms with Crippen LogP contribution < -0.4 is 0 Å². The molecule has 0 saturated carbocycles. The van der Waals surface area contributed by atoms with Crippen LogP contribution in [0, 0.1) is 0 Å². The Balaban J connectivity index is 1.63. The number of alkyl halides is 3. The molecule has 0 bridgehead atoms. The fourth-order valence-corrected chi connectivity index (χ4v) is 3.49. The summed E-state index contributed by atoms with van der Waals surface area (Å²) in [5, 5.41) is 0. The quantitative estimate of drug-likeness (QED) is 0.685. The zero-order chi connectivity index (χ0) is 19.0. The van der Waals surface area contributed by atoms with Gasteiger partial charge in [-0.1, -0.05) is 24.3 Å². The van der Waals surface area contributed by atoms with Crippen LogP contribution in [-0.4, -0.2) is 33.4 Å². The van der Waals surface area contributed by atoms with Gasteiger partial charge in [0, 0.05) is 25.2 Å². The Hall–Kier alpha value is -2.83. The molecule has 0 atom stereocenters. The number of halogens is 3. The number of para-hydroxylation sites is 2. The van der Waals surface area contributed by atoms with Crippen molar-refractivity contribution in [2.75, 3.05) is 13.1 Å². The zero-order valence-corrected chi connectivity index (χ0v) is 14.5. The second kappa shape index (κ2) is 6.72. The van der Waals surface area contributed by atoms with Crippen LogP contribution >= 0.6 is 0 Å². The Kier molecular flexibility index (Phi) is 4.37. The first-order chi connectivity index (χ1) is 12.9. The van der Waals surface area contributed by atoms with E-state index in [1.807, 2.05) is 0 Å². The Morgan fingerprint density at radius 1 is 1.00 bits per heavy atom. The molecule has 4 rings (SSSR count). The molecule has 7 heteroatoms. The smallest absolute Gasteiger partial charge is 0.339 e. The molecule has 0 N–H and O–H groups in total. The summed E-state index contributed by atoms with van der Waals surface area (Å²) in [6, 6.07) is 13.3. The third kappa shape index (κ3) is 3.41. The number of fused-ring (bicyclic) bond motifs is 1. The molecule has 1 fully saturated rings. The Morgan fingerprint density at radius 2 is 1.67 bits per heavy atom. The molecule has 0 unspecified atom stereocenters. The zero-order valence-electron chi connectivity index (χ0n) is 14.5. The molecule has 1 aromatic heterocycles. The first kappa shape index (κ1) is 17.6. The molecule has 2 heterocycles. The highest BCUT2D eigenvalue weighted by Crippen LogP contribution is 2.32. The van der Waals surface area contributed by atoms with E-state index in [1.165, 1.54) is 4.57 Å². The van der Waals surface area contributed by atoms with Gasteiger partial charge in [0.1, 0.15) is 0 Å². The van der Waals surface area contributed by atoms with Crippen LogP contribution in [0.3, 0.4) is 0 Å². The van der Waals surface area contributed by atoms with E-state index < -0.39 is 12.0 Å². The molecule has 0 spiro atoms. The van der Waals surface area contributed by atoms with Gasteiger partial charge in [0.2, 0.25) is 5.82 Å². The van der Waals surface area contributed by atoms with Crippen LogP contribution in [0.15, 0.2) is 48.5 Å². The predicted octanol–water partition coefficient (Wildman–Crippen LogP) is 4.34. The lowest BCUT2D eigenvalue weighted by atomic mass is 10.1. The van der Waals surface area contributed by atoms with E-state index in [1.54, 1.807) is 53.4 Å². The predicted molar refractivity (Wildman–Crippen MR) is 95.4 cm³/mol. The number of likely N-dealkylation sites (tertiary alicyclic amines) is 1. The summed E-state index contributed by atoms with van der Waals surface area (Å²) in [5.74, 6) is -0.941. The summed E-state index contributed by atoms with van der Waals surface area (Å²) in [6.07, 6.45) is -2.51. The molecule has 0 radical (unpaired) electrons. The fourth-order valence-electron chi connectivity index (χ4n) is 3.49. The summed E-state index contributed by atoms with van der Waals surface area (Å²) in [7, 11) is 0. The largest absolute Gasteiger partial charge is 0.449 e. The molecular formula is C20H18F3N3O. The van der Waals surface area contributed by atoms with Crippen LogP contribution in [-0.2, 0) is 12.7 Å². The van der Waals surface area contributed by atoms with Gasteiger partial charge in [0.15, 0.2) is 0 Å². The van der Waals surface area contributed by atoms with Crippen molar-refractivity contribution in [1.29, 1.82) is 0 Å². The van der Waals surface area contributed by atoms with Crippen molar-refractivity contribution in [3.05, 3.63) is 65.5 Å². The van der Waals surface area contributed by atoms with Crippen LogP contribution in [0.4, 0.5) is 13.2 Å². The van der Waals surface area contributed by atoms with Crippen molar-refractivity contribution in [1.82, 2.24) is 14.5 Å². The topological polar surface area (TPSA) is 38.1 Å². The molecule has 1 amide bonds. The van der Waals surface area contributed by atoms with Crippen molar-refractivity contribution >= 4 is 16.9 Å². The van der Waals surface area contributed by atoms with Gasteiger partial charge >= 0.3 is 6.18 Å². The van der Waals surface area contributed by atoms with Gasteiger partial charge in [-0.05, 0) is 42.7 Å². The minimum atomic E-state index is -4.54. The molecule has 1 saturated heterocycles. The molecule has 2 aromatic carbocycles. The first-order valence-corrected chi connectivity index (χ1v) is 8.84. The number of carbonyl (C=O) groups excluding carboxylic acids is 1. The highest BCUT2D eigenvalue weighted by molar-refractivity contribution is 5.94. The molecule has 4 nitrogen and oxygen atoms in total. The lowest BCUT2D eigenvalue weighted by Gasteiger charge is -2.16. The molecule has 3 aromatic rings. The Labute approximate surface area is 154 Å². The van der Waals surface area contributed by atoms with Crippen LogP contribution in [0.1, 0.15) is 34.6 Å². The van der Waals surface area contributed by atoms with Crippen LogP contribution in [0.5, 0.6) is 0 Å². The van der Waals surface area contributed by atoms with E-state index in [9.17, 15) is 18.0 Å². The normalized spacial score (nSPS) is 14.9. The first-order valence-electron chi connectivity index (χ1n) is 8.84. The number of aromatic nitrogens is 2. The van der Waals surface area contributed by atoms with Gasteiger partial charge in [0.25, 0.3) is 5.91 Å². The number of rotatable bonds is 3. The Bertz CT molecular complexity index is 970. The van der Waals surface area contributed by atoms with Crippen molar-refractivity contribution in [3.8, 4) is 0 Å². The van der Waals surface area contributed by atoms with Crippen molar-refractivity contribution < 1.29 is 18.0 Å². The molecule has 27 heavy (non-hydrogen) atoms. The highest BCUT2D eigenvalue weighted by Gasteiger charge is 2.37. The number of nitrogens with zero attached hydrogens (tertiary/aromatic N) is 3. The summed E-state index contributed by atoms with van der Waals surface area (Å²) >= 11 is 0. The van der Waals surface area contributed by atoms with Gasteiger partial charge < -0.3 is 9.47 Å². The number of hydrogen-bond acceptors (Lipinski definition) is 2. The summed E-state index contributed by atoms with van der Waals surface area (Å²) in [6.45, 7) is 1.56. The average molecular weight is 373 g/mol. The van der Waals surface area contributed by atoms with Gasteiger partial charge in [-0.25, -0.2) is 4.98 Å². The Morgan fingerprint density at radius 3 is 2.33 bits per heavy atom. The van der Waals surface area contributed by atoms with Crippen LogP contribution in [0.2, 0.25) is 0 Å². The minimum absolute atomic E-state index is 0.0249. The minimum Gasteiger partial charge on any atom is -0.339 e. The number of imidazole rings is 1. The maximum atomic E-state index is 13.4. The van der Waals surface area contributed by atoms with E-state index in [0.717, 1.165) is 25.9 Å². The number of hydrogen-bond donors (Lipinski definition) is 0. The third-order valence-corrected chi connectivity index (χ3v) is 4.84. The average Bonchev–Trinajstić information content (AvgIpc) is 3.30. The van der Waals surface area contributed by atoms with Gasteiger partial charge in [-0.15, -0.1) is 0 Å². The summed E-state index contributed by atoms with van der Waals surface area (Å²) in [5.41, 5.74) is 1.99. The SMILES string of the molecule is O=C(c1ccc(Cn2c(C(F)(F)F)nc3ccccc32)cc1)N1CCCC1. The molecule has 0 aliphatic carbocycles. The van der Waals surface area contributed by atoms with Crippen molar-refractivity contribution in [3.63, 3.8) is 0 Å². The van der Waals surface area contributed by atoms with Gasteiger partial charge in [-0.3, -0.25) is 4.79 Å². The number of benzene rings is 2. The number of amides is 1.